The molecule has 0 saturated carbocycles. The number of nitrogens with one attached hydrogen (secondary N) is 2. The Labute approximate surface area is 126 Å². The second kappa shape index (κ2) is 7.26. The number of benzene rings is 1. The van der Waals surface area contributed by atoms with E-state index >= 15 is 0 Å². The van der Waals surface area contributed by atoms with Gasteiger partial charge in [-0.1, -0.05) is 0 Å². The van der Waals surface area contributed by atoms with Gasteiger partial charge in [-0.3, -0.25) is 5.32 Å². The van der Waals surface area contributed by atoms with Crippen LogP contribution in [-0.2, 0) is 11.3 Å². The fraction of sp³-hybridized carbons (Fsp3) is 0.214. The average molecular weight is 302 g/mol. The molecule has 2 rings (SSSR count). The van der Waals surface area contributed by atoms with Gasteiger partial charge in [0, 0.05) is 11.1 Å². The van der Waals surface area contributed by atoms with Crippen molar-refractivity contribution in [2.75, 3.05) is 17.2 Å². The highest BCUT2D eigenvalue weighted by molar-refractivity contribution is 7.07. The van der Waals surface area contributed by atoms with Crippen LogP contribution in [-0.4, -0.2) is 17.7 Å². The molecule has 0 fully saturated rings. The molecule has 0 bridgehead atoms. The smallest absolute Gasteiger partial charge is 0.411 e. The molecule has 0 aliphatic heterocycles. The number of hydrogen-bond acceptors (Lipinski definition) is 6. The standard InChI is InChI=1S/C14H14N4O2S/c1-2-20-14(19)18-13-4-3-11(5-10(13)6-15)16-7-12-8-21-9-17-12/h3-5,8-9,16H,2,7H2,1H3,(H,18,19). The second-order valence-corrected chi connectivity index (χ2v) is 4.77. The molecule has 0 atom stereocenters. The van der Waals surface area contributed by atoms with Gasteiger partial charge in [-0.05, 0) is 25.1 Å². The molecule has 1 amide bonds. The van der Waals surface area contributed by atoms with E-state index in [-0.39, 0.29) is 6.61 Å². The van der Waals surface area contributed by atoms with E-state index in [1.54, 1.807) is 30.6 Å². The predicted octanol–water partition coefficient (Wildman–Crippen LogP) is 3.20. The van der Waals surface area contributed by atoms with Crippen molar-refractivity contribution in [3.63, 3.8) is 0 Å². The molecule has 0 unspecified atom stereocenters. The van der Waals surface area contributed by atoms with E-state index in [1.165, 1.54) is 11.3 Å². The number of rotatable bonds is 5. The summed E-state index contributed by atoms with van der Waals surface area (Å²) in [5.74, 6) is 0. The molecular weight excluding hydrogens is 288 g/mol. The SMILES string of the molecule is CCOC(=O)Nc1ccc(NCc2cscn2)cc1C#N. The molecule has 21 heavy (non-hydrogen) atoms. The maximum absolute atomic E-state index is 11.4. The molecule has 1 aromatic heterocycles. The number of nitrogens with zero attached hydrogens (tertiary/aromatic N) is 2. The lowest BCUT2D eigenvalue weighted by atomic mass is 10.1. The highest BCUT2D eigenvalue weighted by Crippen LogP contribution is 2.20. The first kappa shape index (κ1) is 14.8. The van der Waals surface area contributed by atoms with Crippen LogP contribution in [0.4, 0.5) is 16.2 Å². The number of carbonyl (C=O) groups excluding carboxylic acids is 1. The number of carbonyl (C=O) groups is 1. The van der Waals surface area contributed by atoms with Crippen LogP contribution in [0.15, 0.2) is 29.1 Å². The largest absolute Gasteiger partial charge is 0.450 e. The van der Waals surface area contributed by atoms with Gasteiger partial charge in [0.25, 0.3) is 0 Å². The molecule has 6 nitrogen and oxygen atoms in total. The van der Waals surface area contributed by atoms with Gasteiger partial charge in [-0.25, -0.2) is 9.78 Å². The summed E-state index contributed by atoms with van der Waals surface area (Å²) in [6.07, 6.45) is -0.572. The van der Waals surface area contributed by atoms with Crippen LogP contribution in [0, 0.1) is 11.3 Å². The van der Waals surface area contributed by atoms with Gasteiger partial charge in [0.2, 0.25) is 0 Å². The van der Waals surface area contributed by atoms with Gasteiger partial charge in [-0.2, -0.15) is 5.26 Å². The Kier molecular flexibility index (Phi) is 5.12. The number of anilines is 2. The van der Waals surface area contributed by atoms with Crippen LogP contribution in [0.2, 0.25) is 0 Å². The minimum atomic E-state index is -0.572. The zero-order valence-corrected chi connectivity index (χ0v) is 12.2. The lowest BCUT2D eigenvalue weighted by Crippen LogP contribution is -2.14. The summed E-state index contributed by atoms with van der Waals surface area (Å²) < 4.78 is 4.79. The third kappa shape index (κ3) is 4.19. The molecule has 2 aromatic rings. The molecule has 1 aromatic carbocycles. The normalized spacial score (nSPS) is 9.71. The molecule has 0 spiro atoms. The van der Waals surface area contributed by atoms with Crippen LogP contribution in [0.3, 0.4) is 0 Å². The zero-order chi connectivity index (χ0) is 15.1. The van der Waals surface area contributed by atoms with Gasteiger partial charge in [-0.15, -0.1) is 11.3 Å². The highest BCUT2D eigenvalue weighted by atomic mass is 32.1. The van der Waals surface area contributed by atoms with Crippen LogP contribution < -0.4 is 10.6 Å². The highest BCUT2D eigenvalue weighted by Gasteiger charge is 2.08. The molecule has 0 aliphatic rings. The molecular formula is C14H14N4O2S. The minimum Gasteiger partial charge on any atom is -0.450 e. The Morgan fingerprint density at radius 2 is 2.38 bits per heavy atom. The molecule has 7 heteroatoms. The molecule has 0 aliphatic carbocycles. The van der Waals surface area contributed by atoms with Crippen molar-refractivity contribution >= 4 is 28.8 Å². The molecule has 108 valence electrons. The van der Waals surface area contributed by atoms with Crippen LogP contribution in [0.25, 0.3) is 0 Å². The van der Waals surface area contributed by atoms with Gasteiger partial charge < -0.3 is 10.1 Å². The number of hydrogen-bond donors (Lipinski definition) is 2. The fourth-order valence-corrected chi connectivity index (χ4v) is 2.21. The van der Waals surface area contributed by atoms with Crippen LogP contribution in [0.1, 0.15) is 18.2 Å². The lowest BCUT2D eigenvalue weighted by molar-refractivity contribution is 0.168. The zero-order valence-electron chi connectivity index (χ0n) is 11.4. The quantitative estimate of drug-likeness (QED) is 0.885. The summed E-state index contributed by atoms with van der Waals surface area (Å²) in [5, 5.41) is 16.8. The minimum absolute atomic E-state index is 0.279. The Morgan fingerprint density at radius 1 is 1.52 bits per heavy atom. The summed E-state index contributed by atoms with van der Waals surface area (Å²) >= 11 is 1.53. The summed E-state index contributed by atoms with van der Waals surface area (Å²) in [4.78, 5) is 15.5. The predicted molar refractivity (Wildman–Crippen MR) is 81.2 cm³/mol. The van der Waals surface area contributed by atoms with Crippen LogP contribution in [0.5, 0.6) is 0 Å². The summed E-state index contributed by atoms with van der Waals surface area (Å²) in [6.45, 7) is 2.58. The third-order valence-electron chi connectivity index (χ3n) is 2.61. The van der Waals surface area contributed by atoms with Crippen molar-refractivity contribution in [1.29, 1.82) is 5.26 Å². The van der Waals surface area contributed by atoms with Gasteiger partial charge in [0.1, 0.15) is 6.07 Å². The van der Waals surface area contributed by atoms with Crippen LogP contribution >= 0.6 is 11.3 Å². The number of nitriles is 1. The number of ether oxygens (including phenoxy) is 1. The maximum atomic E-state index is 11.4. The van der Waals surface area contributed by atoms with E-state index in [4.69, 9.17) is 10.00 Å². The molecule has 2 N–H and O–H groups in total. The van der Waals surface area contributed by atoms with E-state index in [2.05, 4.69) is 21.7 Å². The number of aromatic nitrogens is 1. The summed E-state index contributed by atoms with van der Waals surface area (Å²) in [5.41, 5.74) is 4.28. The molecule has 1 heterocycles. The Balaban J connectivity index is 2.05. The third-order valence-corrected chi connectivity index (χ3v) is 3.24. The van der Waals surface area contributed by atoms with E-state index in [0.29, 0.717) is 17.8 Å². The van der Waals surface area contributed by atoms with Crippen molar-refractivity contribution in [3.05, 3.63) is 40.3 Å². The van der Waals surface area contributed by atoms with E-state index in [1.807, 2.05) is 5.38 Å². The first-order valence-corrected chi connectivity index (χ1v) is 7.26. The van der Waals surface area contributed by atoms with Crippen molar-refractivity contribution in [2.24, 2.45) is 0 Å². The fourth-order valence-electron chi connectivity index (χ4n) is 1.65. The number of thiazole rings is 1. The monoisotopic (exact) mass is 302 g/mol. The molecule has 0 saturated heterocycles. The first-order valence-electron chi connectivity index (χ1n) is 6.31. The Hall–Kier alpha value is -2.59. The topological polar surface area (TPSA) is 87.0 Å². The van der Waals surface area contributed by atoms with E-state index < -0.39 is 6.09 Å². The maximum Gasteiger partial charge on any atom is 0.411 e. The summed E-state index contributed by atoms with van der Waals surface area (Å²) in [6, 6.07) is 7.18. The van der Waals surface area contributed by atoms with Gasteiger partial charge >= 0.3 is 6.09 Å². The van der Waals surface area contributed by atoms with E-state index in [9.17, 15) is 4.79 Å². The molecule has 0 radical (unpaired) electrons. The van der Waals surface area contributed by atoms with Crippen molar-refractivity contribution in [2.45, 2.75) is 13.5 Å². The van der Waals surface area contributed by atoms with Crippen molar-refractivity contribution in [3.8, 4) is 6.07 Å². The second-order valence-electron chi connectivity index (χ2n) is 4.05. The van der Waals surface area contributed by atoms with E-state index in [0.717, 1.165) is 11.4 Å². The van der Waals surface area contributed by atoms with Gasteiger partial charge in [0.05, 0.1) is 35.6 Å². The van der Waals surface area contributed by atoms with Crippen molar-refractivity contribution in [1.82, 2.24) is 4.98 Å². The average Bonchev–Trinajstić information content (AvgIpc) is 2.99. The first-order chi connectivity index (χ1) is 10.2. The Bertz CT molecular complexity index is 649. The van der Waals surface area contributed by atoms with Crippen molar-refractivity contribution < 1.29 is 9.53 Å². The summed E-state index contributed by atoms with van der Waals surface area (Å²) in [7, 11) is 0. The lowest BCUT2D eigenvalue weighted by Gasteiger charge is -2.10. The Morgan fingerprint density at radius 3 is 3.05 bits per heavy atom. The number of amides is 1. The van der Waals surface area contributed by atoms with Gasteiger partial charge in [0.15, 0.2) is 0 Å².